The summed E-state index contributed by atoms with van der Waals surface area (Å²) in [5.41, 5.74) is 1.06. The van der Waals surface area contributed by atoms with Crippen molar-refractivity contribution in [2.45, 2.75) is 19.9 Å². The van der Waals surface area contributed by atoms with Crippen molar-refractivity contribution < 1.29 is 14.2 Å². The van der Waals surface area contributed by atoms with Crippen LogP contribution in [0.5, 0.6) is 0 Å². The SMILES string of the molecule is C=C(CNC(C)C)COCCOCCOC. The van der Waals surface area contributed by atoms with Crippen LogP contribution in [0.25, 0.3) is 0 Å². The predicted octanol–water partition coefficient (Wildman–Crippen LogP) is 1.22. The molecule has 0 atom stereocenters. The summed E-state index contributed by atoms with van der Waals surface area (Å²) in [5.74, 6) is 0. The summed E-state index contributed by atoms with van der Waals surface area (Å²) in [5, 5.41) is 3.29. The molecule has 4 heteroatoms. The fraction of sp³-hybridized carbons (Fsp3) is 0.833. The van der Waals surface area contributed by atoms with Crippen LogP contribution in [0.4, 0.5) is 0 Å². The number of rotatable bonds is 11. The summed E-state index contributed by atoms with van der Waals surface area (Å²) >= 11 is 0. The first-order valence-electron chi connectivity index (χ1n) is 5.71. The lowest BCUT2D eigenvalue weighted by molar-refractivity contribution is 0.0299. The fourth-order valence-corrected chi connectivity index (χ4v) is 0.978. The molecule has 1 N–H and O–H groups in total. The molecule has 16 heavy (non-hydrogen) atoms. The molecule has 0 aromatic carbocycles. The fourth-order valence-electron chi connectivity index (χ4n) is 0.978. The summed E-state index contributed by atoms with van der Waals surface area (Å²) in [6.45, 7) is 12.0. The lowest BCUT2D eigenvalue weighted by atomic mass is 10.3. The molecule has 0 amide bonds. The maximum Gasteiger partial charge on any atom is 0.0704 e. The van der Waals surface area contributed by atoms with Gasteiger partial charge in [-0.15, -0.1) is 0 Å². The molecule has 0 spiro atoms. The molecule has 96 valence electrons. The van der Waals surface area contributed by atoms with Gasteiger partial charge in [0.2, 0.25) is 0 Å². The van der Waals surface area contributed by atoms with Crippen LogP contribution in [0.2, 0.25) is 0 Å². The molecule has 0 radical (unpaired) electrons. The highest BCUT2D eigenvalue weighted by atomic mass is 16.5. The van der Waals surface area contributed by atoms with Crippen LogP contribution >= 0.6 is 0 Å². The molecule has 0 fully saturated rings. The third kappa shape index (κ3) is 11.7. The van der Waals surface area contributed by atoms with Gasteiger partial charge in [-0.1, -0.05) is 20.4 Å². The number of hydrogen-bond acceptors (Lipinski definition) is 4. The average Bonchev–Trinajstić information content (AvgIpc) is 2.25. The second-order valence-corrected chi connectivity index (χ2v) is 3.94. The highest BCUT2D eigenvalue weighted by Crippen LogP contribution is 1.91. The lowest BCUT2D eigenvalue weighted by Gasteiger charge is -2.11. The molecular formula is C12H25NO3. The summed E-state index contributed by atoms with van der Waals surface area (Å²) in [6.07, 6.45) is 0. The van der Waals surface area contributed by atoms with Crippen LogP contribution in [0.1, 0.15) is 13.8 Å². The van der Waals surface area contributed by atoms with Gasteiger partial charge < -0.3 is 19.5 Å². The van der Waals surface area contributed by atoms with E-state index in [-0.39, 0.29) is 0 Å². The van der Waals surface area contributed by atoms with Gasteiger partial charge in [-0.25, -0.2) is 0 Å². The van der Waals surface area contributed by atoms with Crippen molar-refractivity contribution >= 4 is 0 Å². The summed E-state index contributed by atoms with van der Waals surface area (Å²) < 4.78 is 15.5. The highest BCUT2D eigenvalue weighted by molar-refractivity contribution is 4.97. The van der Waals surface area contributed by atoms with E-state index in [1.54, 1.807) is 7.11 Å². The van der Waals surface area contributed by atoms with Gasteiger partial charge in [-0.2, -0.15) is 0 Å². The van der Waals surface area contributed by atoms with Crippen molar-refractivity contribution in [2.24, 2.45) is 0 Å². The van der Waals surface area contributed by atoms with Gasteiger partial charge in [-0.05, 0) is 5.57 Å². The lowest BCUT2D eigenvalue weighted by Crippen LogP contribution is -2.26. The standard InChI is InChI=1S/C12H25NO3/c1-11(2)13-9-12(3)10-16-8-7-15-6-5-14-4/h11,13H,3,5-10H2,1-2,4H3. The second kappa shape index (κ2) is 11.1. The molecule has 0 bridgehead atoms. The Morgan fingerprint density at radius 1 is 1.12 bits per heavy atom. The quantitative estimate of drug-likeness (QED) is 0.429. The maximum absolute atomic E-state index is 5.40. The van der Waals surface area contributed by atoms with E-state index in [0.29, 0.717) is 39.1 Å². The van der Waals surface area contributed by atoms with Gasteiger partial charge in [0.15, 0.2) is 0 Å². The Kier molecular flexibility index (Phi) is 10.8. The first-order valence-corrected chi connectivity index (χ1v) is 5.71. The summed E-state index contributed by atoms with van der Waals surface area (Å²) in [7, 11) is 1.66. The molecule has 0 saturated heterocycles. The molecule has 0 saturated carbocycles. The van der Waals surface area contributed by atoms with Crippen LogP contribution in [0.3, 0.4) is 0 Å². The Morgan fingerprint density at radius 3 is 2.38 bits per heavy atom. The Bertz CT molecular complexity index is 172. The minimum absolute atomic E-state index is 0.481. The Balaban J connectivity index is 3.15. The zero-order valence-corrected chi connectivity index (χ0v) is 10.8. The van der Waals surface area contributed by atoms with Gasteiger partial charge in [-0.3, -0.25) is 0 Å². The first-order chi connectivity index (χ1) is 7.66. The second-order valence-electron chi connectivity index (χ2n) is 3.94. The zero-order chi connectivity index (χ0) is 12.2. The van der Waals surface area contributed by atoms with Crippen molar-refractivity contribution in [2.75, 3.05) is 46.7 Å². The van der Waals surface area contributed by atoms with E-state index in [2.05, 4.69) is 25.7 Å². The smallest absolute Gasteiger partial charge is 0.0704 e. The number of ether oxygens (including phenoxy) is 3. The third-order valence-electron chi connectivity index (χ3n) is 1.87. The Hall–Kier alpha value is -0.420. The predicted molar refractivity (Wildman–Crippen MR) is 65.8 cm³/mol. The van der Waals surface area contributed by atoms with E-state index in [4.69, 9.17) is 14.2 Å². The van der Waals surface area contributed by atoms with E-state index in [1.807, 2.05) is 0 Å². The normalized spacial score (nSPS) is 11.0. The highest BCUT2D eigenvalue weighted by Gasteiger charge is 1.97. The zero-order valence-electron chi connectivity index (χ0n) is 10.8. The monoisotopic (exact) mass is 231 g/mol. The average molecular weight is 231 g/mol. The molecule has 4 nitrogen and oxygen atoms in total. The number of methoxy groups -OCH3 is 1. The molecular weight excluding hydrogens is 206 g/mol. The number of nitrogens with one attached hydrogen (secondary N) is 1. The molecule has 0 aliphatic heterocycles. The van der Waals surface area contributed by atoms with E-state index in [1.165, 1.54) is 0 Å². The molecule has 0 aromatic rings. The largest absolute Gasteiger partial charge is 0.382 e. The van der Waals surface area contributed by atoms with Gasteiger partial charge in [0, 0.05) is 19.7 Å². The van der Waals surface area contributed by atoms with Crippen molar-refractivity contribution in [3.05, 3.63) is 12.2 Å². The summed E-state index contributed by atoms with van der Waals surface area (Å²) in [4.78, 5) is 0. The van der Waals surface area contributed by atoms with Gasteiger partial charge in [0.05, 0.1) is 33.0 Å². The van der Waals surface area contributed by atoms with Crippen LogP contribution < -0.4 is 5.32 Å². The molecule has 0 aliphatic rings. The minimum atomic E-state index is 0.481. The minimum Gasteiger partial charge on any atom is -0.382 e. The Morgan fingerprint density at radius 2 is 1.75 bits per heavy atom. The van der Waals surface area contributed by atoms with Crippen LogP contribution in [-0.2, 0) is 14.2 Å². The molecule has 0 aliphatic carbocycles. The van der Waals surface area contributed by atoms with Crippen LogP contribution in [-0.4, -0.2) is 52.7 Å². The van der Waals surface area contributed by atoms with Crippen molar-refractivity contribution in [1.82, 2.24) is 5.32 Å². The summed E-state index contributed by atoms with van der Waals surface area (Å²) in [6, 6.07) is 0.481. The third-order valence-corrected chi connectivity index (χ3v) is 1.87. The van der Waals surface area contributed by atoms with Crippen molar-refractivity contribution in [3.63, 3.8) is 0 Å². The Labute approximate surface area is 99.0 Å². The number of hydrogen-bond donors (Lipinski definition) is 1. The van der Waals surface area contributed by atoms with Crippen molar-refractivity contribution in [3.8, 4) is 0 Å². The molecule has 0 heterocycles. The van der Waals surface area contributed by atoms with Gasteiger partial charge in [0.1, 0.15) is 0 Å². The molecule has 0 unspecified atom stereocenters. The van der Waals surface area contributed by atoms with E-state index in [0.717, 1.165) is 12.1 Å². The molecule has 0 aromatic heterocycles. The van der Waals surface area contributed by atoms with Gasteiger partial charge in [0.25, 0.3) is 0 Å². The van der Waals surface area contributed by atoms with E-state index >= 15 is 0 Å². The molecule has 0 rings (SSSR count). The van der Waals surface area contributed by atoms with Crippen LogP contribution in [0.15, 0.2) is 12.2 Å². The van der Waals surface area contributed by atoms with E-state index < -0.39 is 0 Å². The van der Waals surface area contributed by atoms with Gasteiger partial charge >= 0.3 is 0 Å². The van der Waals surface area contributed by atoms with Crippen molar-refractivity contribution in [1.29, 1.82) is 0 Å². The van der Waals surface area contributed by atoms with Crippen LogP contribution in [0, 0.1) is 0 Å². The maximum atomic E-state index is 5.40. The first kappa shape index (κ1) is 15.6. The van der Waals surface area contributed by atoms with E-state index in [9.17, 15) is 0 Å². The topological polar surface area (TPSA) is 39.7 Å².